The molecule has 27 heavy (non-hydrogen) atoms. The lowest BCUT2D eigenvalue weighted by Gasteiger charge is -2.18. The molecule has 7 heteroatoms. The second-order valence-corrected chi connectivity index (χ2v) is 6.32. The van der Waals surface area contributed by atoms with E-state index in [9.17, 15) is 4.39 Å². The Hall–Kier alpha value is -3.22. The van der Waals surface area contributed by atoms with Crippen molar-refractivity contribution in [2.75, 3.05) is 30.4 Å². The number of pyridine rings is 1. The Morgan fingerprint density at radius 1 is 1.41 bits per heavy atom. The maximum absolute atomic E-state index is 13.5. The van der Waals surface area contributed by atoms with Gasteiger partial charge in [0, 0.05) is 67.0 Å². The molecule has 1 aromatic carbocycles. The number of nitrogens with zero attached hydrogens (tertiary/aromatic N) is 3. The van der Waals surface area contributed by atoms with Gasteiger partial charge < -0.3 is 21.4 Å². The normalized spacial score (nSPS) is 17.5. The quantitative estimate of drug-likeness (QED) is 0.684. The minimum Gasteiger partial charge on any atom is -0.404 e. The van der Waals surface area contributed by atoms with Crippen LogP contribution < -0.4 is 16.0 Å². The molecular weight excluding hydrogens is 343 g/mol. The van der Waals surface area contributed by atoms with Gasteiger partial charge in [-0.2, -0.15) is 0 Å². The minimum atomic E-state index is -0.800. The highest BCUT2D eigenvalue weighted by Crippen LogP contribution is 2.27. The first-order valence-electron chi connectivity index (χ1n) is 8.75. The summed E-state index contributed by atoms with van der Waals surface area (Å²) in [5.74, 6) is 0.744. The molecule has 1 atom stereocenters. The molecule has 0 spiro atoms. The molecule has 1 saturated heterocycles. The molecule has 140 valence electrons. The van der Waals surface area contributed by atoms with E-state index in [1.54, 1.807) is 19.5 Å². The molecule has 2 aromatic rings. The zero-order valence-electron chi connectivity index (χ0n) is 15.2. The SMILES string of the molecule is CN=CC(=CN)c1ccc(C=N)c(Nc2ccnc(N3CC[C@H](F)C3)c2)c1. The molecule has 6 nitrogen and oxygen atoms in total. The predicted molar refractivity (Wildman–Crippen MR) is 110 cm³/mol. The van der Waals surface area contributed by atoms with E-state index in [2.05, 4.69) is 15.3 Å². The minimum absolute atomic E-state index is 0.374. The molecule has 3 rings (SSSR count). The molecule has 0 aliphatic carbocycles. The van der Waals surface area contributed by atoms with Crippen LogP contribution in [0.3, 0.4) is 0 Å². The van der Waals surface area contributed by atoms with Gasteiger partial charge in [-0.1, -0.05) is 12.1 Å². The summed E-state index contributed by atoms with van der Waals surface area (Å²) in [6, 6.07) is 9.42. The van der Waals surface area contributed by atoms with Crippen LogP contribution in [0.15, 0.2) is 47.7 Å². The number of hydrogen-bond donors (Lipinski definition) is 3. The van der Waals surface area contributed by atoms with E-state index >= 15 is 0 Å². The molecule has 1 fully saturated rings. The van der Waals surface area contributed by atoms with Crippen LogP contribution in [0.2, 0.25) is 0 Å². The molecule has 1 aromatic heterocycles. The van der Waals surface area contributed by atoms with Crippen LogP contribution >= 0.6 is 0 Å². The van der Waals surface area contributed by atoms with Crippen LogP contribution in [0.4, 0.5) is 21.6 Å². The summed E-state index contributed by atoms with van der Waals surface area (Å²) in [4.78, 5) is 10.3. The molecule has 0 amide bonds. The third-order valence-corrected chi connectivity index (χ3v) is 4.47. The third-order valence-electron chi connectivity index (χ3n) is 4.47. The van der Waals surface area contributed by atoms with Gasteiger partial charge in [-0.15, -0.1) is 0 Å². The highest BCUT2D eigenvalue weighted by Gasteiger charge is 2.22. The summed E-state index contributed by atoms with van der Waals surface area (Å²) in [5.41, 5.74) is 9.72. The second-order valence-electron chi connectivity index (χ2n) is 6.32. The van der Waals surface area contributed by atoms with Gasteiger partial charge >= 0.3 is 0 Å². The number of halogens is 1. The van der Waals surface area contributed by atoms with Gasteiger partial charge in [0.1, 0.15) is 12.0 Å². The maximum atomic E-state index is 13.5. The summed E-state index contributed by atoms with van der Waals surface area (Å²) in [6.07, 6.45) is 5.92. The first kappa shape index (κ1) is 18.6. The molecular formula is C20H23FN6. The standard InChI is InChI=1S/C20H23FN6/c1-24-12-16(11-23)14-2-3-15(10-22)19(8-14)26-18-4-6-25-20(9-18)27-7-5-17(21)13-27/h2-4,6,8-12,17,22H,5,7,13,23H2,1H3,(H,25,26)/t17-/m0/s1. The summed E-state index contributed by atoms with van der Waals surface area (Å²) >= 11 is 0. The number of alkyl halides is 1. The molecule has 1 aliphatic rings. The molecule has 2 heterocycles. The number of allylic oxidation sites excluding steroid dienone is 1. The topological polar surface area (TPSA) is 90.4 Å². The van der Waals surface area contributed by atoms with Crippen molar-refractivity contribution in [2.24, 2.45) is 10.7 Å². The van der Waals surface area contributed by atoms with Crippen molar-refractivity contribution in [3.63, 3.8) is 0 Å². The fourth-order valence-corrected chi connectivity index (χ4v) is 3.07. The van der Waals surface area contributed by atoms with Crippen molar-refractivity contribution < 1.29 is 4.39 Å². The fraction of sp³-hybridized carbons (Fsp3) is 0.250. The highest BCUT2D eigenvalue weighted by atomic mass is 19.1. The van der Waals surface area contributed by atoms with E-state index in [0.717, 1.165) is 33.9 Å². The lowest BCUT2D eigenvalue weighted by atomic mass is 10.0. The molecule has 0 bridgehead atoms. The van der Waals surface area contributed by atoms with Gasteiger partial charge in [-0.3, -0.25) is 4.99 Å². The Morgan fingerprint density at radius 3 is 2.93 bits per heavy atom. The van der Waals surface area contributed by atoms with Crippen molar-refractivity contribution in [2.45, 2.75) is 12.6 Å². The van der Waals surface area contributed by atoms with Crippen molar-refractivity contribution in [1.29, 1.82) is 5.41 Å². The van der Waals surface area contributed by atoms with E-state index < -0.39 is 6.17 Å². The number of aliphatic imine (C=N–C) groups is 1. The van der Waals surface area contributed by atoms with Gasteiger partial charge in [0.05, 0.1) is 6.54 Å². The lowest BCUT2D eigenvalue weighted by molar-refractivity contribution is 0.364. The van der Waals surface area contributed by atoms with Gasteiger partial charge in [0.2, 0.25) is 0 Å². The van der Waals surface area contributed by atoms with Crippen LogP contribution in [-0.4, -0.2) is 43.7 Å². The van der Waals surface area contributed by atoms with Crippen LogP contribution in [0.5, 0.6) is 0 Å². The summed E-state index contributed by atoms with van der Waals surface area (Å²) in [5, 5.41) is 11.0. The highest BCUT2D eigenvalue weighted by molar-refractivity contribution is 6.10. The van der Waals surface area contributed by atoms with Gasteiger partial charge in [0.25, 0.3) is 0 Å². The van der Waals surface area contributed by atoms with Crippen LogP contribution in [0, 0.1) is 5.41 Å². The molecule has 1 aliphatic heterocycles. The first-order chi connectivity index (χ1) is 13.1. The number of hydrogen-bond acceptors (Lipinski definition) is 6. The average Bonchev–Trinajstić information content (AvgIpc) is 3.13. The van der Waals surface area contributed by atoms with Crippen molar-refractivity contribution in [3.05, 3.63) is 53.9 Å². The Morgan fingerprint density at radius 2 is 2.26 bits per heavy atom. The number of benzene rings is 1. The second kappa shape index (κ2) is 8.44. The predicted octanol–water partition coefficient (Wildman–Crippen LogP) is 3.37. The number of anilines is 3. The van der Waals surface area contributed by atoms with Gasteiger partial charge in [-0.05, 0) is 24.1 Å². The smallest absolute Gasteiger partial charge is 0.130 e. The summed E-state index contributed by atoms with van der Waals surface area (Å²) in [7, 11) is 1.69. The Balaban J connectivity index is 1.89. The Kier molecular flexibility index (Phi) is 5.80. The van der Waals surface area contributed by atoms with Crippen molar-refractivity contribution >= 4 is 35.2 Å². The fourth-order valence-electron chi connectivity index (χ4n) is 3.07. The van der Waals surface area contributed by atoms with Gasteiger partial charge in [0.15, 0.2) is 0 Å². The molecule has 4 N–H and O–H groups in total. The van der Waals surface area contributed by atoms with E-state index in [1.807, 2.05) is 35.2 Å². The zero-order chi connectivity index (χ0) is 19.2. The van der Waals surface area contributed by atoms with Crippen LogP contribution in [-0.2, 0) is 0 Å². The first-order valence-corrected chi connectivity index (χ1v) is 8.75. The number of nitrogens with one attached hydrogen (secondary N) is 2. The van der Waals surface area contributed by atoms with Crippen LogP contribution in [0.1, 0.15) is 17.5 Å². The third kappa shape index (κ3) is 4.31. The number of nitrogens with two attached hydrogens (primary N) is 1. The van der Waals surface area contributed by atoms with Crippen molar-refractivity contribution in [3.8, 4) is 0 Å². The average molecular weight is 366 g/mol. The summed E-state index contributed by atoms with van der Waals surface area (Å²) in [6.45, 7) is 1.04. The monoisotopic (exact) mass is 366 g/mol. The van der Waals surface area contributed by atoms with Crippen molar-refractivity contribution in [1.82, 2.24) is 4.98 Å². The maximum Gasteiger partial charge on any atom is 0.130 e. The number of rotatable bonds is 6. The molecule has 0 saturated carbocycles. The van der Waals surface area contributed by atoms with E-state index in [0.29, 0.717) is 19.5 Å². The van der Waals surface area contributed by atoms with E-state index in [-0.39, 0.29) is 0 Å². The van der Waals surface area contributed by atoms with E-state index in [1.165, 1.54) is 12.4 Å². The summed E-state index contributed by atoms with van der Waals surface area (Å²) < 4.78 is 13.5. The zero-order valence-corrected chi connectivity index (χ0v) is 15.2. The molecule has 0 radical (unpaired) electrons. The molecule has 0 unspecified atom stereocenters. The Bertz CT molecular complexity index is 877. The number of aromatic nitrogens is 1. The Labute approximate surface area is 158 Å². The largest absolute Gasteiger partial charge is 0.404 e. The van der Waals surface area contributed by atoms with E-state index in [4.69, 9.17) is 11.1 Å². The van der Waals surface area contributed by atoms with Gasteiger partial charge in [-0.25, -0.2) is 9.37 Å². The lowest BCUT2D eigenvalue weighted by Crippen LogP contribution is -2.21. The van der Waals surface area contributed by atoms with Crippen LogP contribution in [0.25, 0.3) is 5.57 Å².